The maximum Gasteiger partial charge on any atom is 0.192 e. The molecule has 0 aliphatic heterocycles. The van der Waals surface area contributed by atoms with E-state index >= 15 is 0 Å². The molecule has 0 bridgehead atoms. The predicted octanol–water partition coefficient (Wildman–Crippen LogP) is 4.26. The maximum atomic E-state index is 8.61. The summed E-state index contributed by atoms with van der Waals surface area (Å²) in [7, 11) is -1.67. The zero-order valence-electron chi connectivity index (χ0n) is 11.8. The second-order valence-corrected chi connectivity index (χ2v) is 11.3. The molecular formula is C14H25NOSi. The van der Waals surface area contributed by atoms with Crippen LogP contribution in [0.1, 0.15) is 40.0 Å². The van der Waals surface area contributed by atoms with Gasteiger partial charge >= 0.3 is 0 Å². The van der Waals surface area contributed by atoms with Crippen LogP contribution in [0.2, 0.25) is 18.1 Å². The van der Waals surface area contributed by atoms with Crippen molar-refractivity contribution in [2.75, 3.05) is 0 Å². The largest absolute Gasteiger partial charge is 0.413 e. The Hall–Kier alpha value is -0.593. The van der Waals surface area contributed by atoms with E-state index in [0.29, 0.717) is 12.0 Å². The van der Waals surface area contributed by atoms with E-state index in [1.807, 2.05) is 6.08 Å². The Morgan fingerprint density at radius 1 is 1.29 bits per heavy atom. The quantitative estimate of drug-likeness (QED) is 0.555. The summed E-state index contributed by atoms with van der Waals surface area (Å²) >= 11 is 0. The first-order valence-electron chi connectivity index (χ1n) is 6.52. The minimum Gasteiger partial charge on any atom is -0.413 e. The summed E-state index contributed by atoms with van der Waals surface area (Å²) in [6.07, 6.45) is 7.51. The van der Waals surface area contributed by atoms with E-state index in [1.54, 1.807) is 6.08 Å². The molecule has 0 spiro atoms. The summed E-state index contributed by atoms with van der Waals surface area (Å²) in [5.41, 5.74) is 0. The van der Waals surface area contributed by atoms with Crippen LogP contribution in [0.15, 0.2) is 12.2 Å². The van der Waals surface area contributed by atoms with Crippen LogP contribution < -0.4 is 0 Å². The van der Waals surface area contributed by atoms with E-state index in [4.69, 9.17) is 9.69 Å². The molecule has 17 heavy (non-hydrogen) atoms. The number of rotatable bonds is 3. The van der Waals surface area contributed by atoms with Crippen molar-refractivity contribution in [3.05, 3.63) is 12.2 Å². The highest BCUT2D eigenvalue weighted by atomic mass is 28.4. The molecule has 0 aromatic heterocycles. The molecule has 3 heteroatoms. The van der Waals surface area contributed by atoms with Crippen molar-refractivity contribution in [2.24, 2.45) is 5.92 Å². The molecule has 2 atom stereocenters. The average molecular weight is 251 g/mol. The normalized spacial score (nSPS) is 26.4. The summed E-state index contributed by atoms with van der Waals surface area (Å²) in [4.78, 5) is 0. The Morgan fingerprint density at radius 2 is 1.94 bits per heavy atom. The molecule has 0 saturated heterocycles. The van der Waals surface area contributed by atoms with E-state index < -0.39 is 8.32 Å². The molecule has 0 radical (unpaired) electrons. The molecule has 1 aliphatic carbocycles. The summed E-state index contributed by atoms with van der Waals surface area (Å²) in [5, 5.41) is 8.87. The van der Waals surface area contributed by atoms with Gasteiger partial charge in [-0.3, -0.25) is 0 Å². The highest BCUT2D eigenvalue weighted by Crippen LogP contribution is 2.41. The van der Waals surface area contributed by atoms with Crippen molar-refractivity contribution in [2.45, 2.75) is 64.3 Å². The van der Waals surface area contributed by atoms with Gasteiger partial charge in [-0.05, 0) is 31.0 Å². The number of nitriles is 1. The van der Waals surface area contributed by atoms with Gasteiger partial charge in [0, 0.05) is 12.0 Å². The minimum atomic E-state index is -1.67. The molecule has 2 unspecified atom stereocenters. The van der Waals surface area contributed by atoms with Gasteiger partial charge in [0.25, 0.3) is 0 Å². The van der Waals surface area contributed by atoms with Gasteiger partial charge in [0.05, 0.1) is 12.2 Å². The van der Waals surface area contributed by atoms with E-state index in [-0.39, 0.29) is 5.04 Å². The Morgan fingerprint density at radius 3 is 2.47 bits per heavy atom. The lowest BCUT2D eigenvalue weighted by Gasteiger charge is -2.39. The third-order valence-electron chi connectivity index (χ3n) is 4.17. The van der Waals surface area contributed by atoms with Crippen LogP contribution in [0.3, 0.4) is 0 Å². The van der Waals surface area contributed by atoms with Crippen LogP contribution in [-0.2, 0) is 4.43 Å². The van der Waals surface area contributed by atoms with Crippen LogP contribution >= 0.6 is 0 Å². The lowest BCUT2D eigenvalue weighted by atomic mass is 10.1. The lowest BCUT2D eigenvalue weighted by molar-refractivity contribution is 0.160. The summed E-state index contributed by atoms with van der Waals surface area (Å²) in [6, 6.07) is 2.08. The van der Waals surface area contributed by atoms with Gasteiger partial charge in [-0.25, -0.2) is 0 Å². The van der Waals surface area contributed by atoms with Crippen molar-refractivity contribution in [1.29, 1.82) is 5.26 Å². The Balaban J connectivity index is 2.68. The third kappa shape index (κ3) is 3.69. The molecule has 1 fully saturated rings. The van der Waals surface area contributed by atoms with Crippen LogP contribution in [0.4, 0.5) is 0 Å². The van der Waals surface area contributed by atoms with Crippen LogP contribution in [0.25, 0.3) is 0 Å². The monoisotopic (exact) mass is 251 g/mol. The van der Waals surface area contributed by atoms with Gasteiger partial charge < -0.3 is 4.43 Å². The number of allylic oxidation sites excluding steroid dienone is 1. The summed E-state index contributed by atoms with van der Waals surface area (Å²) in [5.74, 6) is 0.448. The Bertz CT molecular complexity index is 322. The molecule has 0 heterocycles. The zero-order chi connectivity index (χ0) is 13.1. The van der Waals surface area contributed by atoms with Crippen LogP contribution in [0.5, 0.6) is 0 Å². The number of hydrogen-bond donors (Lipinski definition) is 0. The standard InChI is InChI=1S/C14H25NOSi/c1-14(2,3)17(4,5)16-13-10-6-8-12(13)9-7-11-15/h7,9,12-13H,6,8,10H2,1-5H3. The molecule has 1 saturated carbocycles. The van der Waals surface area contributed by atoms with Crippen molar-refractivity contribution < 1.29 is 4.43 Å². The van der Waals surface area contributed by atoms with Gasteiger partial charge in [-0.15, -0.1) is 0 Å². The molecule has 0 N–H and O–H groups in total. The van der Waals surface area contributed by atoms with Gasteiger partial charge in [-0.1, -0.05) is 33.3 Å². The predicted molar refractivity (Wildman–Crippen MR) is 74.2 cm³/mol. The fourth-order valence-corrected chi connectivity index (χ4v) is 3.45. The number of hydrogen-bond acceptors (Lipinski definition) is 2. The van der Waals surface area contributed by atoms with E-state index in [0.717, 1.165) is 12.8 Å². The van der Waals surface area contributed by atoms with Gasteiger partial charge in [-0.2, -0.15) is 5.26 Å². The second-order valence-electron chi connectivity index (χ2n) is 6.50. The summed E-state index contributed by atoms with van der Waals surface area (Å²) in [6.45, 7) is 11.4. The van der Waals surface area contributed by atoms with Crippen molar-refractivity contribution in [1.82, 2.24) is 0 Å². The first kappa shape index (κ1) is 14.5. The molecule has 0 amide bonds. The highest BCUT2D eigenvalue weighted by Gasteiger charge is 2.41. The van der Waals surface area contributed by atoms with Crippen LogP contribution in [0, 0.1) is 17.2 Å². The molecule has 1 aliphatic rings. The maximum absolute atomic E-state index is 8.61. The van der Waals surface area contributed by atoms with E-state index in [9.17, 15) is 0 Å². The fraction of sp³-hybridized carbons (Fsp3) is 0.786. The molecule has 1 rings (SSSR count). The molecule has 96 valence electrons. The lowest BCUT2D eigenvalue weighted by Crippen LogP contribution is -2.44. The van der Waals surface area contributed by atoms with Crippen molar-refractivity contribution >= 4 is 8.32 Å². The van der Waals surface area contributed by atoms with E-state index in [1.165, 1.54) is 6.42 Å². The SMILES string of the molecule is CC(C)(C)[Si](C)(C)OC1CCCC1C=CC#N. The van der Waals surface area contributed by atoms with Gasteiger partial charge in [0.2, 0.25) is 0 Å². The fourth-order valence-electron chi connectivity index (χ4n) is 2.04. The smallest absolute Gasteiger partial charge is 0.192 e. The Kier molecular flexibility index (Phi) is 4.57. The van der Waals surface area contributed by atoms with Crippen molar-refractivity contribution in [3.8, 4) is 6.07 Å². The average Bonchev–Trinajstić information content (AvgIpc) is 2.60. The van der Waals surface area contributed by atoms with Gasteiger partial charge in [0.15, 0.2) is 8.32 Å². The van der Waals surface area contributed by atoms with E-state index in [2.05, 4.69) is 39.9 Å². The first-order chi connectivity index (χ1) is 7.78. The zero-order valence-corrected chi connectivity index (χ0v) is 12.8. The summed E-state index contributed by atoms with van der Waals surface area (Å²) < 4.78 is 6.45. The highest BCUT2D eigenvalue weighted by molar-refractivity contribution is 6.74. The minimum absolute atomic E-state index is 0.263. The second kappa shape index (κ2) is 5.37. The topological polar surface area (TPSA) is 33.0 Å². The Labute approximate surface area is 107 Å². The van der Waals surface area contributed by atoms with Gasteiger partial charge in [0.1, 0.15) is 0 Å². The van der Waals surface area contributed by atoms with Crippen LogP contribution in [-0.4, -0.2) is 14.4 Å². The van der Waals surface area contributed by atoms with Crippen molar-refractivity contribution in [3.63, 3.8) is 0 Å². The molecular weight excluding hydrogens is 226 g/mol. The first-order valence-corrected chi connectivity index (χ1v) is 9.43. The molecule has 0 aromatic carbocycles. The molecule has 0 aromatic rings. The molecule has 2 nitrogen and oxygen atoms in total. The number of nitrogens with zero attached hydrogens (tertiary/aromatic N) is 1. The third-order valence-corrected chi connectivity index (χ3v) is 8.68.